The van der Waals surface area contributed by atoms with Crippen LogP contribution in [0, 0.1) is 6.92 Å². The molecule has 4 N–H and O–H groups in total. The number of hydrogen-bond donors (Lipinski definition) is 4. The van der Waals surface area contributed by atoms with Gasteiger partial charge in [0.25, 0.3) is 5.56 Å². The van der Waals surface area contributed by atoms with Gasteiger partial charge < -0.3 is 24.8 Å². The zero-order valence-electron chi connectivity index (χ0n) is 31.6. The van der Waals surface area contributed by atoms with Gasteiger partial charge in [-0.2, -0.15) is 4.98 Å². The van der Waals surface area contributed by atoms with Crippen LogP contribution < -0.4 is 22.3 Å². The fourth-order valence-electron chi connectivity index (χ4n) is 6.75. The van der Waals surface area contributed by atoms with Crippen molar-refractivity contribution < 1.29 is 37.9 Å². The number of H-pyrrole nitrogens is 1. The fourth-order valence-corrected chi connectivity index (χ4v) is 7.71. The predicted molar refractivity (Wildman–Crippen MR) is 201 cm³/mol. The van der Waals surface area contributed by atoms with Crippen molar-refractivity contribution in [1.29, 1.82) is 0 Å². The molecule has 55 heavy (non-hydrogen) atoms. The second kappa shape index (κ2) is 22.2. The highest BCUT2D eigenvalue weighted by Gasteiger charge is 2.43. The van der Waals surface area contributed by atoms with Crippen LogP contribution in [-0.4, -0.2) is 72.6 Å². The third-order valence-corrected chi connectivity index (χ3v) is 10.8. The van der Waals surface area contributed by atoms with Gasteiger partial charge in [0.05, 0.1) is 25.4 Å². The third kappa shape index (κ3) is 13.8. The van der Waals surface area contributed by atoms with Gasteiger partial charge in [-0.3, -0.25) is 32.8 Å². The van der Waals surface area contributed by atoms with E-state index in [9.17, 15) is 33.7 Å². The number of nitrogens with zero attached hydrogens (tertiary/aromatic N) is 6. The summed E-state index contributed by atoms with van der Waals surface area (Å²) in [5.74, 6) is -0.170. The van der Waals surface area contributed by atoms with Crippen LogP contribution >= 0.6 is 7.82 Å². The summed E-state index contributed by atoms with van der Waals surface area (Å²) in [6, 6.07) is 0.538. The molecule has 0 spiro atoms. The smallest absolute Gasteiger partial charge is 0.394 e. The Morgan fingerprint density at radius 1 is 1.02 bits per heavy atom. The minimum atomic E-state index is -4.86. The molecule has 0 bridgehead atoms. The van der Waals surface area contributed by atoms with Crippen molar-refractivity contribution in [1.82, 2.24) is 19.1 Å². The highest BCUT2D eigenvalue weighted by molar-refractivity contribution is 7.47. The van der Waals surface area contributed by atoms with E-state index in [2.05, 4.69) is 32.2 Å². The van der Waals surface area contributed by atoms with Crippen LogP contribution in [0.5, 0.6) is 0 Å². The summed E-state index contributed by atoms with van der Waals surface area (Å²) in [5.41, 5.74) is 7.20. The van der Waals surface area contributed by atoms with E-state index in [1.165, 1.54) is 83.2 Å². The van der Waals surface area contributed by atoms with E-state index in [0.717, 1.165) is 34.8 Å². The molecule has 0 aliphatic carbocycles. The molecule has 2 aliphatic rings. The maximum atomic E-state index is 13.0. The number of carbonyl (C=O) groups excluding carboxylic acids is 1. The van der Waals surface area contributed by atoms with E-state index < -0.39 is 74.8 Å². The number of azide groups is 1. The van der Waals surface area contributed by atoms with Crippen LogP contribution in [0.2, 0.25) is 0 Å². The molecule has 2 aliphatic heterocycles. The van der Waals surface area contributed by atoms with Gasteiger partial charge in [0.15, 0.2) is 0 Å². The van der Waals surface area contributed by atoms with Gasteiger partial charge in [-0.25, -0.2) is 14.2 Å². The number of aliphatic hydroxyl groups excluding tert-OH is 1. The summed E-state index contributed by atoms with van der Waals surface area (Å²) < 4.78 is 37.3. The molecule has 7 atom stereocenters. The summed E-state index contributed by atoms with van der Waals surface area (Å²) in [4.78, 5) is 68.9. The topological polar surface area (TPSA) is 262 Å². The van der Waals surface area contributed by atoms with E-state index in [1.807, 2.05) is 0 Å². The van der Waals surface area contributed by atoms with E-state index in [4.69, 9.17) is 24.1 Å². The number of nitrogens with one attached hydrogen (secondary N) is 2. The molecule has 2 aromatic rings. The number of unbranched alkanes of at least 4 members (excludes halogenated alkanes) is 12. The molecule has 0 saturated carbocycles. The van der Waals surface area contributed by atoms with E-state index in [0.29, 0.717) is 6.42 Å². The molecule has 4 rings (SSSR count). The monoisotopic (exact) mass is 794 g/mol. The maximum absolute atomic E-state index is 13.0. The standard InChI is InChI=1S/C35H55N8O11P/c1-3-4-5-6-7-8-9-10-11-12-13-14-15-16-30(45)37-29-17-18-42(34(47)38-29)32-20-26(27(22-44)52-32)54-55(49,50)51-23-28-25(40-41-36)19-31(53-28)43-21-24(2)33(46)39-35(43)48/h17-18,21,25-28,31-32,44H,3-16,19-20,22-23H2,1-2H3,(H,49,50)(H,39,46,48)(H,37,38,45,47). The van der Waals surface area contributed by atoms with Gasteiger partial charge in [0.2, 0.25) is 5.91 Å². The number of carbonyl (C=O) groups is 1. The second-order valence-electron chi connectivity index (χ2n) is 14.1. The Balaban J connectivity index is 1.20. The quantitative estimate of drug-likeness (QED) is 0.0348. The zero-order chi connectivity index (χ0) is 39.8. The summed E-state index contributed by atoms with van der Waals surface area (Å²) in [6.07, 6.45) is 13.1. The van der Waals surface area contributed by atoms with Crippen LogP contribution in [-0.2, 0) is 27.9 Å². The first-order chi connectivity index (χ1) is 26.4. The van der Waals surface area contributed by atoms with Gasteiger partial charge in [-0.1, -0.05) is 89.1 Å². The third-order valence-electron chi connectivity index (χ3n) is 9.81. The molecule has 19 nitrogen and oxygen atoms in total. The van der Waals surface area contributed by atoms with Crippen molar-refractivity contribution in [3.63, 3.8) is 0 Å². The van der Waals surface area contributed by atoms with Crippen molar-refractivity contribution in [3.05, 3.63) is 65.8 Å². The molecule has 7 unspecified atom stereocenters. The lowest BCUT2D eigenvalue weighted by Crippen LogP contribution is -2.33. The lowest BCUT2D eigenvalue weighted by atomic mass is 10.0. The molecule has 0 radical (unpaired) electrons. The van der Waals surface area contributed by atoms with Crippen LogP contribution in [0.4, 0.5) is 5.82 Å². The number of anilines is 1. The number of phosphoric ester groups is 1. The number of amides is 1. The van der Waals surface area contributed by atoms with Crippen molar-refractivity contribution in [2.45, 2.75) is 153 Å². The number of aromatic amines is 1. The molecule has 2 saturated heterocycles. The number of aromatic nitrogens is 4. The Morgan fingerprint density at radius 3 is 2.25 bits per heavy atom. The van der Waals surface area contributed by atoms with Gasteiger partial charge in [-0.05, 0) is 24.9 Å². The maximum Gasteiger partial charge on any atom is 0.472 e. The van der Waals surface area contributed by atoms with Crippen LogP contribution in [0.15, 0.2) is 38.0 Å². The Kier molecular flexibility index (Phi) is 17.8. The summed E-state index contributed by atoms with van der Waals surface area (Å²) in [6.45, 7) is 2.53. The highest BCUT2D eigenvalue weighted by Crippen LogP contribution is 2.49. The predicted octanol–water partition coefficient (Wildman–Crippen LogP) is 5.27. The van der Waals surface area contributed by atoms with Crippen LogP contribution in [0.3, 0.4) is 0 Å². The fraction of sp³-hybridized carbons (Fsp3) is 0.743. The average Bonchev–Trinajstić information content (AvgIpc) is 3.74. The molecule has 2 fully saturated rings. The molecular formula is C35H55N8O11P. The number of aryl methyl sites for hydroxylation is 1. The molecule has 1 amide bonds. The first-order valence-electron chi connectivity index (χ1n) is 19.3. The molecule has 306 valence electrons. The average molecular weight is 795 g/mol. The number of phosphoric acid groups is 1. The number of rotatable bonds is 24. The van der Waals surface area contributed by atoms with E-state index >= 15 is 0 Å². The first-order valence-corrected chi connectivity index (χ1v) is 20.8. The largest absolute Gasteiger partial charge is 0.472 e. The number of hydrogen-bond acceptors (Lipinski definition) is 12. The molecular weight excluding hydrogens is 739 g/mol. The van der Waals surface area contributed by atoms with Crippen molar-refractivity contribution in [2.24, 2.45) is 5.11 Å². The Bertz CT molecular complexity index is 1810. The van der Waals surface area contributed by atoms with Gasteiger partial charge >= 0.3 is 19.2 Å². The number of aliphatic hydroxyl groups is 1. The van der Waals surface area contributed by atoms with Gasteiger partial charge in [0.1, 0.15) is 30.5 Å². The molecule has 4 heterocycles. The van der Waals surface area contributed by atoms with Crippen LogP contribution in [0.25, 0.3) is 10.4 Å². The summed E-state index contributed by atoms with van der Waals surface area (Å²) >= 11 is 0. The minimum Gasteiger partial charge on any atom is -0.394 e. The lowest BCUT2D eigenvalue weighted by Gasteiger charge is -2.22. The zero-order valence-corrected chi connectivity index (χ0v) is 32.5. The normalized spacial score (nSPS) is 23.3. The SMILES string of the molecule is CCCCCCCCCCCCCCCC(=O)Nc1ccn(C2CC(OP(=O)(O)OCC3OC(n4cc(C)c(=O)[nH]c4=O)CC3N=[N+]=[N-])C(CO)O2)c(=O)n1. The van der Waals surface area contributed by atoms with E-state index in [1.54, 1.807) is 0 Å². The Labute approximate surface area is 319 Å². The first kappa shape index (κ1) is 44.0. The molecule has 0 aromatic carbocycles. The summed E-state index contributed by atoms with van der Waals surface area (Å²) in [5, 5.41) is 16.2. The Morgan fingerprint density at radius 2 is 1.64 bits per heavy atom. The van der Waals surface area contributed by atoms with Gasteiger partial charge in [-0.15, -0.1) is 0 Å². The van der Waals surface area contributed by atoms with Crippen molar-refractivity contribution in [2.75, 3.05) is 18.5 Å². The molecule has 2 aromatic heterocycles. The lowest BCUT2D eigenvalue weighted by molar-refractivity contribution is -0.116. The molecule has 20 heteroatoms. The van der Waals surface area contributed by atoms with Gasteiger partial charge in [0, 0.05) is 42.1 Å². The highest BCUT2D eigenvalue weighted by atomic mass is 31.2. The van der Waals surface area contributed by atoms with Crippen molar-refractivity contribution >= 4 is 19.5 Å². The van der Waals surface area contributed by atoms with E-state index in [-0.39, 0.29) is 30.1 Å². The van der Waals surface area contributed by atoms with Crippen LogP contribution in [0.1, 0.15) is 128 Å². The Hall–Kier alpha value is -3.67. The number of ether oxygens (including phenoxy) is 2. The van der Waals surface area contributed by atoms with Crippen molar-refractivity contribution in [3.8, 4) is 0 Å². The second-order valence-corrected chi connectivity index (χ2v) is 15.5. The minimum absolute atomic E-state index is 0.00945. The summed E-state index contributed by atoms with van der Waals surface area (Å²) in [7, 11) is -4.86.